The van der Waals surface area contributed by atoms with Gasteiger partial charge in [0.25, 0.3) is 5.91 Å². The minimum Gasteiger partial charge on any atom is -0.465 e. The zero-order valence-corrected chi connectivity index (χ0v) is 17.2. The van der Waals surface area contributed by atoms with E-state index in [1.807, 2.05) is 13.0 Å². The number of methoxy groups -OCH3 is 1. The van der Waals surface area contributed by atoms with Gasteiger partial charge in [-0.1, -0.05) is 30.4 Å². The van der Waals surface area contributed by atoms with Gasteiger partial charge < -0.3 is 9.15 Å². The van der Waals surface area contributed by atoms with Crippen molar-refractivity contribution in [3.05, 3.63) is 58.3 Å². The van der Waals surface area contributed by atoms with Crippen molar-refractivity contribution in [2.45, 2.75) is 19.8 Å². The average molecular weight is 422 g/mol. The van der Waals surface area contributed by atoms with E-state index in [0.717, 1.165) is 23.4 Å². The van der Waals surface area contributed by atoms with Crippen LogP contribution in [0.5, 0.6) is 0 Å². The molecule has 0 spiro atoms. The van der Waals surface area contributed by atoms with Crippen LogP contribution in [0.3, 0.4) is 0 Å². The number of carbonyl (C=O) groups excluding carboxylic acids is 2. The molecule has 9 heteroatoms. The number of furan rings is 1. The molecule has 0 bridgehead atoms. The van der Waals surface area contributed by atoms with Crippen molar-refractivity contribution in [2.24, 2.45) is 0 Å². The normalized spacial score (nSPS) is 11.0. The van der Waals surface area contributed by atoms with Crippen LogP contribution in [0, 0.1) is 11.3 Å². The Bertz CT molecular complexity index is 1120. The van der Waals surface area contributed by atoms with E-state index in [-0.39, 0.29) is 5.57 Å². The molecule has 0 radical (unpaired) electrons. The van der Waals surface area contributed by atoms with Crippen LogP contribution in [0.4, 0.5) is 5.13 Å². The first-order valence-corrected chi connectivity index (χ1v) is 9.89. The molecule has 0 saturated heterocycles. The number of nitrogens with zero attached hydrogens (tertiary/aromatic N) is 3. The van der Waals surface area contributed by atoms with Gasteiger partial charge in [-0.15, -0.1) is 10.2 Å². The third-order valence-corrected chi connectivity index (χ3v) is 4.92. The van der Waals surface area contributed by atoms with Crippen LogP contribution in [0.15, 0.2) is 46.4 Å². The van der Waals surface area contributed by atoms with Crippen molar-refractivity contribution < 1.29 is 18.7 Å². The average Bonchev–Trinajstić information content (AvgIpc) is 3.41. The first-order valence-electron chi connectivity index (χ1n) is 9.08. The molecule has 0 atom stereocenters. The van der Waals surface area contributed by atoms with Crippen LogP contribution in [0.1, 0.15) is 34.5 Å². The van der Waals surface area contributed by atoms with Gasteiger partial charge in [-0.2, -0.15) is 5.26 Å². The van der Waals surface area contributed by atoms with Crippen LogP contribution < -0.4 is 5.32 Å². The summed E-state index contributed by atoms with van der Waals surface area (Å²) >= 11 is 1.28. The van der Waals surface area contributed by atoms with Crippen LogP contribution in [-0.4, -0.2) is 29.2 Å². The number of esters is 1. The molecule has 0 aliphatic heterocycles. The van der Waals surface area contributed by atoms with E-state index in [0.29, 0.717) is 22.2 Å². The molecule has 30 heavy (non-hydrogen) atoms. The van der Waals surface area contributed by atoms with Gasteiger partial charge in [0.2, 0.25) is 5.13 Å². The molecule has 0 aliphatic rings. The Labute approximate surface area is 176 Å². The Kier molecular flexibility index (Phi) is 6.72. The molecule has 152 valence electrons. The molecule has 1 amide bonds. The predicted octanol–water partition coefficient (Wildman–Crippen LogP) is 4.08. The van der Waals surface area contributed by atoms with E-state index in [1.54, 1.807) is 36.4 Å². The number of aryl methyl sites for hydroxylation is 1. The van der Waals surface area contributed by atoms with Crippen molar-refractivity contribution in [1.29, 1.82) is 5.26 Å². The number of amides is 1. The maximum absolute atomic E-state index is 12.4. The number of nitriles is 1. The zero-order valence-electron chi connectivity index (χ0n) is 16.3. The summed E-state index contributed by atoms with van der Waals surface area (Å²) in [5.41, 5.74) is 1.04. The van der Waals surface area contributed by atoms with E-state index in [1.165, 1.54) is 24.5 Å². The predicted molar refractivity (Wildman–Crippen MR) is 112 cm³/mol. The summed E-state index contributed by atoms with van der Waals surface area (Å²) in [6.45, 7) is 2.03. The highest BCUT2D eigenvalue weighted by Gasteiger charge is 2.14. The topological polar surface area (TPSA) is 118 Å². The van der Waals surface area contributed by atoms with Crippen molar-refractivity contribution in [1.82, 2.24) is 10.2 Å². The third-order valence-electron chi connectivity index (χ3n) is 4.02. The number of hydrogen-bond acceptors (Lipinski definition) is 8. The number of rotatable bonds is 7. The van der Waals surface area contributed by atoms with Gasteiger partial charge in [0, 0.05) is 18.1 Å². The fraction of sp³-hybridized carbons (Fsp3) is 0.190. The lowest BCUT2D eigenvalue weighted by Gasteiger charge is -2.01. The van der Waals surface area contributed by atoms with Crippen molar-refractivity contribution in [3.8, 4) is 17.4 Å². The van der Waals surface area contributed by atoms with Gasteiger partial charge >= 0.3 is 5.97 Å². The summed E-state index contributed by atoms with van der Waals surface area (Å²) in [6, 6.07) is 11.9. The van der Waals surface area contributed by atoms with Crippen LogP contribution in [0.2, 0.25) is 0 Å². The Morgan fingerprint density at radius 1 is 1.23 bits per heavy atom. The second-order valence-corrected chi connectivity index (χ2v) is 7.21. The number of benzene rings is 1. The highest BCUT2D eigenvalue weighted by Crippen LogP contribution is 2.24. The summed E-state index contributed by atoms with van der Waals surface area (Å²) in [7, 11) is 1.32. The second-order valence-electron chi connectivity index (χ2n) is 6.15. The van der Waals surface area contributed by atoms with E-state index in [4.69, 9.17) is 4.42 Å². The number of carbonyl (C=O) groups is 2. The lowest BCUT2D eigenvalue weighted by Crippen LogP contribution is -2.13. The summed E-state index contributed by atoms with van der Waals surface area (Å²) in [5, 5.41) is 21.0. The van der Waals surface area contributed by atoms with E-state index >= 15 is 0 Å². The zero-order chi connectivity index (χ0) is 21.5. The Hall–Kier alpha value is -3.77. The van der Waals surface area contributed by atoms with Crippen LogP contribution in [-0.2, 0) is 16.0 Å². The molecule has 0 saturated carbocycles. The highest BCUT2D eigenvalue weighted by molar-refractivity contribution is 7.15. The quantitative estimate of drug-likeness (QED) is 0.346. The first-order chi connectivity index (χ1) is 14.5. The van der Waals surface area contributed by atoms with Gasteiger partial charge in [-0.3, -0.25) is 10.1 Å². The Balaban J connectivity index is 1.73. The van der Waals surface area contributed by atoms with Crippen LogP contribution >= 0.6 is 11.3 Å². The van der Waals surface area contributed by atoms with E-state index in [9.17, 15) is 14.9 Å². The molecule has 3 aromatic rings. The molecule has 0 fully saturated rings. The first kappa shape index (κ1) is 21.0. The molecule has 0 aliphatic carbocycles. The molecule has 2 heterocycles. The summed E-state index contributed by atoms with van der Waals surface area (Å²) in [6.07, 6.45) is 3.07. The maximum atomic E-state index is 12.4. The molecule has 8 nitrogen and oxygen atoms in total. The molecule has 3 rings (SSSR count). The lowest BCUT2D eigenvalue weighted by atomic mass is 10.1. The van der Waals surface area contributed by atoms with Gasteiger partial charge in [0.1, 0.15) is 28.2 Å². The minimum absolute atomic E-state index is 0.121. The second kappa shape index (κ2) is 9.62. The summed E-state index contributed by atoms with van der Waals surface area (Å²) < 4.78 is 10.4. The van der Waals surface area contributed by atoms with E-state index in [2.05, 4.69) is 20.3 Å². The molecule has 1 aromatic carbocycles. The van der Waals surface area contributed by atoms with Gasteiger partial charge in [0.05, 0.1) is 12.7 Å². The number of anilines is 1. The molecule has 1 N–H and O–H groups in total. The summed E-state index contributed by atoms with van der Waals surface area (Å²) in [4.78, 5) is 23.9. The molecule has 0 unspecified atom stereocenters. The van der Waals surface area contributed by atoms with Gasteiger partial charge in [-0.05, 0) is 30.7 Å². The number of ether oxygens (including phenoxy) is 1. The van der Waals surface area contributed by atoms with Crippen molar-refractivity contribution >= 4 is 34.4 Å². The molecule has 2 aromatic heterocycles. The SMILES string of the molecule is CCCc1nnc(NC(=O)/C(C#N)=C\c2ccc(-c3ccc(C(=O)OC)cc3)o2)s1. The fourth-order valence-electron chi connectivity index (χ4n) is 2.55. The fourth-order valence-corrected chi connectivity index (χ4v) is 3.38. The standard InChI is InChI=1S/C21H18N4O4S/c1-3-4-18-24-25-21(30-18)23-19(26)15(12-22)11-16-9-10-17(29-16)13-5-7-14(8-6-13)20(27)28-2/h5-11H,3-4H2,1-2H3,(H,23,25,26)/b15-11-. The monoisotopic (exact) mass is 422 g/mol. The number of nitrogens with one attached hydrogen (secondary N) is 1. The van der Waals surface area contributed by atoms with Gasteiger partial charge in [0.15, 0.2) is 0 Å². The summed E-state index contributed by atoms with van der Waals surface area (Å²) in [5.74, 6) is -0.134. The van der Waals surface area contributed by atoms with Gasteiger partial charge in [-0.25, -0.2) is 4.79 Å². The number of aromatic nitrogens is 2. The van der Waals surface area contributed by atoms with E-state index < -0.39 is 11.9 Å². The Morgan fingerprint density at radius 3 is 2.67 bits per heavy atom. The van der Waals surface area contributed by atoms with Crippen molar-refractivity contribution in [2.75, 3.05) is 12.4 Å². The Morgan fingerprint density at radius 2 is 2.00 bits per heavy atom. The maximum Gasteiger partial charge on any atom is 0.337 e. The smallest absolute Gasteiger partial charge is 0.337 e. The largest absolute Gasteiger partial charge is 0.465 e. The lowest BCUT2D eigenvalue weighted by molar-refractivity contribution is -0.112. The van der Waals surface area contributed by atoms with Crippen LogP contribution in [0.25, 0.3) is 17.4 Å². The number of hydrogen-bond donors (Lipinski definition) is 1. The molecular weight excluding hydrogens is 404 g/mol. The van der Waals surface area contributed by atoms with Crippen molar-refractivity contribution in [3.63, 3.8) is 0 Å². The highest BCUT2D eigenvalue weighted by atomic mass is 32.1. The third kappa shape index (κ3) is 4.98. The molecular formula is C21H18N4O4S. The minimum atomic E-state index is -0.586.